The number of morpholine rings is 1. The Labute approximate surface area is 155 Å². The molecule has 0 saturated carbocycles. The average molecular weight is 374 g/mol. The third-order valence-electron chi connectivity index (χ3n) is 3.97. The molecule has 1 saturated heterocycles. The molecule has 2 heterocycles. The summed E-state index contributed by atoms with van der Waals surface area (Å²) < 4.78 is 10.8. The van der Waals surface area contributed by atoms with Crippen LogP contribution in [0.1, 0.15) is 6.42 Å². The molecule has 1 aliphatic rings. The predicted molar refractivity (Wildman–Crippen MR) is 103 cm³/mol. The molecule has 0 unspecified atom stereocenters. The summed E-state index contributed by atoms with van der Waals surface area (Å²) in [5.41, 5.74) is 1.99. The van der Waals surface area contributed by atoms with E-state index in [-0.39, 0.29) is 24.8 Å². The fourth-order valence-corrected chi connectivity index (χ4v) is 2.78. The van der Waals surface area contributed by atoms with Gasteiger partial charge in [-0.15, -0.1) is 24.8 Å². The second-order valence-corrected chi connectivity index (χ2v) is 5.49. The molecule has 1 aromatic carbocycles. The largest absolute Gasteiger partial charge is 0.494 e. The lowest BCUT2D eigenvalue weighted by atomic mass is 10.2. The number of halogens is 2. The van der Waals surface area contributed by atoms with E-state index in [0.717, 1.165) is 68.2 Å². The highest BCUT2D eigenvalue weighted by Gasteiger charge is 2.09. The van der Waals surface area contributed by atoms with E-state index in [9.17, 15) is 0 Å². The van der Waals surface area contributed by atoms with Gasteiger partial charge in [0.1, 0.15) is 11.3 Å². The molecule has 7 heteroatoms. The molecular weight excluding hydrogens is 349 g/mol. The zero-order valence-electron chi connectivity index (χ0n) is 13.9. The molecular formula is C17H25Cl2N3O2. The number of nitrogens with zero attached hydrogens (tertiary/aromatic N) is 2. The standard InChI is InChI=1S/C17H23N3O2.2ClH/c1-21-16-13-15(12-14-4-2-5-19-17(14)16)18-6-3-7-20-8-10-22-11-9-20;;/h2,4-5,12-13,18H,3,6-11H2,1H3;2*1H. The van der Waals surface area contributed by atoms with Gasteiger partial charge in [0.15, 0.2) is 0 Å². The van der Waals surface area contributed by atoms with E-state index < -0.39 is 0 Å². The number of fused-ring (bicyclic) bond motifs is 1. The van der Waals surface area contributed by atoms with E-state index in [0.29, 0.717) is 0 Å². The molecule has 0 amide bonds. The Morgan fingerprint density at radius 3 is 2.79 bits per heavy atom. The second-order valence-electron chi connectivity index (χ2n) is 5.49. The highest BCUT2D eigenvalue weighted by molar-refractivity contribution is 5.88. The number of methoxy groups -OCH3 is 1. The molecule has 5 nitrogen and oxygen atoms in total. The highest BCUT2D eigenvalue weighted by atomic mass is 35.5. The molecule has 3 rings (SSSR count). The fraction of sp³-hybridized carbons (Fsp3) is 0.471. The maximum Gasteiger partial charge on any atom is 0.147 e. The molecule has 1 aromatic heterocycles. The molecule has 2 aromatic rings. The molecule has 0 atom stereocenters. The Morgan fingerprint density at radius 1 is 1.25 bits per heavy atom. The smallest absolute Gasteiger partial charge is 0.147 e. The monoisotopic (exact) mass is 373 g/mol. The minimum atomic E-state index is 0. The van der Waals surface area contributed by atoms with E-state index in [1.54, 1.807) is 13.3 Å². The van der Waals surface area contributed by atoms with Crippen LogP contribution < -0.4 is 10.1 Å². The summed E-state index contributed by atoms with van der Waals surface area (Å²) in [6.45, 7) is 5.89. The minimum absolute atomic E-state index is 0. The minimum Gasteiger partial charge on any atom is -0.494 e. The van der Waals surface area contributed by atoms with Crippen LogP contribution in [0.5, 0.6) is 5.75 Å². The van der Waals surface area contributed by atoms with Crippen molar-refractivity contribution in [1.82, 2.24) is 9.88 Å². The molecule has 24 heavy (non-hydrogen) atoms. The lowest BCUT2D eigenvalue weighted by molar-refractivity contribution is 0.0378. The Morgan fingerprint density at radius 2 is 2.04 bits per heavy atom. The number of hydrogen-bond donors (Lipinski definition) is 1. The first-order valence-corrected chi connectivity index (χ1v) is 7.83. The van der Waals surface area contributed by atoms with Crippen molar-refractivity contribution in [3.63, 3.8) is 0 Å². The van der Waals surface area contributed by atoms with E-state index >= 15 is 0 Å². The maximum absolute atomic E-state index is 5.44. The highest BCUT2D eigenvalue weighted by Crippen LogP contribution is 2.27. The summed E-state index contributed by atoms with van der Waals surface area (Å²) in [6.07, 6.45) is 2.91. The molecule has 1 N–H and O–H groups in total. The van der Waals surface area contributed by atoms with Crippen molar-refractivity contribution in [2.75, 3.05) is 51.8 Å². The molecule has 0 bridgehead atoms. The van der Waals surface area contributed by atoms with Crippen molar-refractivity contribution < 1.29 is 9.47 Å². The van der Waals surface area contributed by atoms with Gasteiger partial charge >= 0.3 is 0 Å². The van der Waals surface area contributed by atoms with Crippen LogP contribution in [0, 0.1) is 0 Å². The van der Waals surface area contributed by atoms with Gasteiger partial charge in [-0.2, -0.15) is 0 Å². The third-order valence-corrected chi connectivity index (χ3v) is 3.97. The van der Waals surface area contributed by atoms with Gasteiger partial charge in [-0.1, -0.05) is 6.07 Å². The zero-order valence-corrected chi connectivity index (χ0v) is 15.5. The van der Waals surface area contributed by atoms with Crippen LogP contribution in [-0.2, 0) is 4.74 Å². The Hall–Kier alpha value is -1.27. The molecule has 134 valence electrons. The van der Waals surface area contributed by atoms with Gasteiger partial charge in [-0.25, -0.2) is 0 Å². The number of pyridine rings is 1. The van der Waals surface area contributed by atoms with Crippen molar-refractivity contribution in [3.8, 4) is 5.75 Å². The van der Waals surface area contributed by atoms with Crippen molar-refractivity contribution >= 4 is 41.4 Å². The number of benzene rings is 1. The summed E-state index contributed by atoms with van der Waals surface area (Å²) in [5.74, 6) is 0.814. The average Bonchev–Trinajstić information content (AvgIpc) is 2.59. The molecule has 0 spiro atoms. The lowest BCUT2D eigenvalue weighted by Crippen LogP contribution is -2.37. The van der Waals surface area contributed by atoms with Crippen LogP contribution >= 0.6 is 24.8 Å². The van der Waals surface area contributed by atoms with Gasteiger partial charge in [0.2, 0.25) is 0 Å². The predicted octanol–water partition coefficient (Wildman–Crippen LogP) is 3.22. The fourth-order valence-electron chi connectivity index (χ4n) is 2.78. The first-order valence-electron chi connectivity index (χ1n) is 7.83. The van der Waals surface area contributed by atoms with Crippen LogP contribution in [0.25, 0.3) is 10.9 Å². The maximum atomic E-state index is 5.44. The van der Waals surface area contributed by atoms with Gasteiger partial charge < -0.3 is 14.8 Å². The topological polar surface area (TPSA) is 46.6 Å². The summed E-state index contributed by atoms with van der Waals surface area (Å²) in [7, 11) is 1.69. The summed E-state index contributed by atoms with van der Waals surface area (Å²) in [4.78, 5) is 6.83. The summed E-state index contributed by atoms with van der Waals surface area (Å²) >= 11 is 0. The van der Waals surface area contributed by atoms with Gasteiger partial charge in [-0.3, -0.25) is 9.88 Å². The zero-order chi connectivity index (χ0) is 15.2. The molecule has 1 fully saturated rings. The number of rotatable bonds is 6. The van der Waals surface area contributed by atoms with Gasteiger partial charge in [-0.05, 0) is 25.1 Å². The van der Waals surface area contributed by atoms with Crippen LogP contribution in [0.3, 0.4) is 0 Å². The number of aromatic nitrogens is 1. The van der Waals surface area contributed by atoms with Gasteiger partial charge in [0, 0.05) is 43.0 Å². The van der Waals surface area contributed by atoms with Crippen LogP contribution in [0.15, 0.2) is 30.5 Å². The van der Waals surface area contributed by atoms with Crippen molar-refractivity contribution in [3.05, 3.63) is 30.5 Å². The third kappa shape index (κ3) is 5.38. The Balaban J connectivity index is 0.00000144. The Bertz CT molecular complexity index is 622. The van der Waals surface area contributed by atoms with E-state index in [2.05, 4.69) is 27.3 Å². The molecule has 1 aliphatic heterocycles. The summed E-state index contributed by atoms with van der Waals surface area (Å²) in [5, 5.41) is 4.58. The van der Waals surface area contributed by atoms with Gasteiger partial charge in [0.05, 0.1) is 20.3 Å². The second kappa shape index (κ2) is 10.6. The van der Waals surface area contributed by atoms with Crippen LogP contribution in [0.4, 0.5) is 5.69 Å². The first-order chi connectivity index (χ1) is 10.9. The first kappa shape index (κ1) is 20.8. The quantitative estimate of drug-likeness (QED) is 0.787. The number of anilines is 1. The van der Waals surface area contributed by atoms with E-state index in [4.69, 9.17) is 9.47 Å². The van der Waals surface area contributed by atoms with Crippen molar-refractivity contribution in [2.45, 2.75) is 6.42 Å². The van der Waals surface area contributed by atoms with Crippen LogP contribution in [-0.4, -0.2) is 56.4 Å². The number of hydrogen-bond acceptors (Lipinski definition) is 5. The molecule has 0 aliphatic carbocycles. The summed E-state index contributed by atoms with van der Waals surface area (Å²) in [6, 6.07) is 8.15. The van der Waals surface area contributed by atoms with Crippen molar-refractivity contribution in [1.29, 1.82) is 0 Å². The SMILES string of the molecule is COc1cc(NCCCN2CCOCC2)cc2cccnc12.Cl.Cl. The van der Waals surface area contributed by atoms with E-state index in [1.165, 1.54) is 0 Å². The number of ether oxygens (including phenoxy) is 2. The normalized spacial score (nSPS) is 14.5. The molecule has 0 radical (unpaired) electrons. The van der Waals surface area contributed by atoms with E-state index in [1.807, 2.05) is 12.1 Å². The lowest BCUT2D eigenvalue weighted by Gasteiger charge is -2.26. The number of nitrogens with one attached hydrogen (secondary N) is 1. The van der Waals surface area contributed by atoms with Crippen molar-refractivity contribution in [2.24, 2.45) is 0 Å². The van der Waals surface area contributed by atoms with Gasteiger partial charge in [0.25, 0.3) is 0 Å². The Kier molecular flexibility index (Phi) is 9.14. The van der Waals surface area contributed by atoms with Crippen LogP contribution in [0.2, 0.25) is 0 Å².